The van der Waals surface area contributed by atoms with Gasteiger partial charge in [-0.1, -0.05) is 0 Å². The topological polar surface area (TPSA) is 90.2 Å². The van der Waals surface area contributed by atoms with Crippen molar-refractivity contribution in [3.63, 3.8) is 0 Å². The molecule has 148 valence electrons. The Kier molecular flexibility index (Phi) is 6.06. The highest BCUT2D eigenvalue weighted by Gasteiger charge is 2.09. The molecule has 28 heavy (non-hydrogen) atoms. The third-order valence-corrected chi connectivity index (χ3v) is 4.26. The van der Waals surface area contributed by atoms with E-state index >= 15 is 0 Å². The van der Waals surface area contributed by atoms with Crippen molar-refractivity contribution in [1.82, 2.24) is 0 Å². The number of benzene rings is 2. The van der Waals surface area contributed by atoms with E-state index in [0.29, 0.717) is 22.8 Å². The summed E-state index contributed by atoms with van der Waals surface area (Å²) in [4.78, 5) is 11.5. The molecule has 1 atom stereocenters. The van der Waals surface area contributed by atoms with Crippen LogP contribution in [0.1, 0.15) is 5.56 Å². The highest BCUT2D eigenvalue weighted by Crippen LogP contribution is 2.26. The number of anilines is 1. The lowest BCUT2D eigenvalue weighted by atomic mass is 10.1. The zero-order chi connectivity index (χ0) is 20.1. The van der Waals surface area contributed by atoms with E-state index in [1.807, 2.05) is 25.1 Å². The van der Waals surface area contributed by atoms with Crippen LogP contribution in [0.25, 0.3) is 11.0 Å². The number of aliphatic hydroxyl groups is 1. The predicted octanol–water partition coefficient (Wildman–Crippen LogP) is 2.97. The summed E-state index contributed by atoms with van der Waals surface area (Å²) in [6.45, 7) is 2.20. The predicted molar refractivity (Wildman–Crippen MR) is 107 cm³/mol. The van der Waals surface area contributed by atoms with Gasteiger partial charge in [-0.15, -0.1) is 0 Å². The Morgan fingerprint density at radius 1 is 1.04 bits per heavy atom. The quantitative estimate of drug-likeness (QED) is 0.576. The maximum Gasteiger partial charge on any atom is 0.336 e. The minimum absolute atomic E-state index is 0.0790. The molecule has 0 saturated carbocycles. The maximum atomic E-state index is 11.5. The highest BCUT2D eigenvalue weighted by molar-refractivity contribution is 5.81. The summed E-state index contributed by atoms with van der Waals surface area (Å²) in [5, 5.41) is 14.2. The van der Waals surface area contributed by atoms with E-state index in [9.17, 15) is 9.90 Å². The van der Waals surface area contributed by atoms with Gasteiger partial charge in [0.15, 0.2) is 0 Å². The smallest absolute Gasteiger partial charge is 0.336 e. The van der Waals surface area contributed by atoms with Gasteiger partial charge in [0.2, 0.25) is 0 Å². The number of nitrogens with one attached hydrogen (secondary N) is 1. The summed E-state index contributed by atoms with van der Waals surface area (Å²) in [6.07, 6.45) is -0.752. The van der Waals surface area contributed by atoms with Crippen LogP contribution in [-0.2, 0) is 0 Å². The van der Waals surface area contributed by atoms with Crippen molar-refractivity contribution < 1.29 is 23.7 Å². The number of hydrogen-bond acceptors (Lipinski definition) is 7. The van der Waals surface area contributed by atoms with Crippen LogP contribution in [0.5, 0.6) is 17.2 Å². The fraction of sp³-hybridized carbons (Fsp3) is 0.286. The molecular formula is C21H23NO6. The van der Waals surface area contributed by atoms with Crippen LogP contribution in [0.4, 0.5) is 5.69 Å². The standard InChI is InChI=1S/C21H23NO6/c1-13-6-21(24)28-20-10-16(4-5-19(13)20)27-12-15(23)11-22-14-7-17(25-2)9-18(8-14)26-3/h4-10,15,22-23H,11-12H2,1-3H3/t15-/m1/s1. The number of ether oxygens (including phenoxy) is 3. The monoisotopic (exact) mass is 385 g/mol. The lowest BCUT2D eigenvalue weighted by Gasteiger charge is -2.15. The molecule has 0 aliphatic rings. The fourth-order valence-corrected chi connectivity index (χ4v) is 2.79. The molecule has 7 nitrogen and oxygen atoms in total. The van der Waals surface area contributed by atoms with Crippen LogP contribution in [0.3, 0.4) is 0 Å². The zero-order valence-corrected chi connectivity index (χ0v) is 16.0. The average molecular weight is 385 g/mol. The van der Waals surface area contributed by atoms with Crippen LogP contribution in [0, 0.1) is 6.92 Å². The third-order valence-electron chi connectivity index (χ3n) is 4.26. The van der Waals surface area contributed by atoms with Gasteiger partial charge in [0.1, 0.15) is 35.5 Å². The molecule has 0 amide bonds. The SMILES string of the molecule is COc1cc(NC[C@@H](O)COc2ccc3c(C)cc(=O)oc3c2)cc(OC)c1. The summed E-state index contributed by atoms with van der Waals surface area (Å²) in [5.41, 5.74) is 1.66. The van der Waals surface area contributed by atoms with Gasteiger partial charge in [0.25, 0.3) is 0 Å². The molecule has 2 N–H and O–H groups in total. The van der Waals surface area contributed by atoms with Crippen molar-refractivity contribution >= 4 is 16.7 Å². The van der Waals surface area contributed by atoms with E-state index in [2.05, 4.69) is 5.32 Å². The van der Waals surface area contributed by atoms with Gasteiger partial charge in [-0.3, -0.25) is 0 Å². The van der Waals surface area contributed by atoms with Crippen molar-refractivity contribution in [3.8, 4) is 17.2 Å². The Bertz CT molecular complexity index is 991. The molecule has 3 rings (SSSR count). The molecular weight excluding hydrogens is 362 g/mol. The van der Waals surface area contributed by atoms with Crippen molar-refractivity contribution in [2.75, 3.05) is 32.7 Å². The average Bonchev–Trinajstić information content (AvgIpc) is 2.69. The number of fused-ring (bicyclic) bond motifs is 1. The van der Waals surface area contributed by atoms with Crippen molar-refractivity contribution in [1.29, 1.82) is 0 Å². The lowest BCUT2D eigenvalue weighted by Crippen LogP contribution is -2.26. The number of aliphatic hydroxyl groups excluding tert-OH is 1. The fourth-order valence-electron chi connectivity index (χ4n) is 2.79. The molecule has 2 aromatic carbocycles. The zero-order valence-electron chi connectivity index (χ0n) is 16.0. The normalized spacial score (nSPS) is 11.9. The molecule has 0 bridgehead atoms. The first-order chi connectivity index (χ1) is 13.5. The summed E-state index contributed by atoms with van der Waals surface area (Å²) in [6, 6.07) is 12.1. The summed E-state index contributed by atoms with van der Waals surface area (Å²) in [5.74, 6) is 1.82. The minimum Gasteiger partial charge on any atom is -0.497 e. The molecule has 0 spiro atoms. The molecule has 1 aromatic heterocycles. The Balaban J connectivity index is 1.59. The molecule has 0 aliphatic carbocycles. The summed E-state index contributed by atoms with van der Waals surface area (Å²) < 4.78 is 21.3. The first-order valence-corrected chi connectivity index (χ1v) is 8.81. The van der Waals surface area contributed by atoms with Crippen LogP contribution < -0.4 is 25.2 Å². The molecule has 3 aromatic rings. The molecule has 0 radical (unpaired) electrons. The Labute approximate surface area is 162 Å². The Morgan fingerprint density at radius 2 is 1.75 bits per heavy atom. The van der Waals surface area contributed by atoms with Crippen molar-refractivity contribution in [3.05, 3.63) is 58.4 Å². The van der Waals surface area contributed by atoms with Gasteiger partial charge >= 0.3 is 5.63 Å². The molecule has 1 heterocycles. The van der Waals surface area contributed by atoms with Gasteiger partial charge < -0.3 is 29.1 Å². The largest absolute Gasteiger partial charge is 0.497 e. The highest BCUT2D eigenvalue weighted by atomic mass is 16.5. The molecule has 0 aliphatic heterocycles. The molecule has 0 saturated heterocycles. The Hall–Kier alpha value is -3.19. The minimum atomic E-state index is -0.752. The van der Waals surface area contributed by atoms with Crippen LogP contribution >= 0.6 is 0 Å². The second-order valence-corrected chi connectivity index (χ2v) is 6.35. The van der Waals surface area contributed by atoms with Gasteiger partial charge in [-0.05, 0) is 24.6 Å². The number of hydrogen-bond donors (Lipinski definition) is 2. The van der Waals surface area contributed by atoms with Crippen molar-refractivity contribution in [2.45, 2.75) is 13.0 Å². The van der Waals surface area contributed by atoms with E-state index in [0.717, 1.165) is 16.6 Å². The number of rotatable bonds is 8. The summed E-state index contributed by atoms with van der Waals surface area (Å²) >= 11 is 0. The van der Waals surface area contributed by atoms with Gasteiger partial charge in [0.05, 0.1) is 14.2 Å². The van der Waals surface area contributed by atoms with Crippen molar-refractivity contribution in [2.24, 2.45) is 0 Å². The maximum absolute atomic E-state index is 11.5. The summed E-state index contributed by atoms with van der Waals surface area (Å²) in [7, 11) is 3.16. The van der Waals surface area contributed by atoms with E-state index in [1.165, 1.54) is 6.07 Å². The Morgan fingerprint density at radius 3 is 2.43 bits per heavy atom. The van der Waals surface area contributed by atoms with Gasteiger partial charge in [-0.2, -0.15) is 0 Å². The lowest BCUT2D eigenvalue weighted by molar-refractivity contribution is 0.117. The number of aryl methyl sites for hydroxylation is 1. The van der Waals surface area contributed by atoms with Gasteiger partial charge in [0, 0.05) is 48.0 Å². The molecule has 0 fully saturated rings. The molecule has 7 heteroatoms. The van der Waals surface area contributed by atoms with Gasteiger partial charge in [-0.25, -0.2) is 4.79 Å². The van der Waals surface area contributed by atoms with Crippen LogP contribution in [0.15, 0.2) is 51.7 Å². The van der Waals surface area contributed by atoms with E-state index in [-0.39, 0.29) is 13.2 Å². The first-order valence-electron chi connectivity index (χ1n) is 8.81. The van der Waals surface area contributed by atoms with Crippen LogP contribution in [0.2, 0.25) is 0 Å². The molecule has 0 unspecified atom stereocenters. The second-order valence-electron chi connectivity index (χ2n) is 6.35. The van der Waals surface area contributed by atoms with E-state index in [1.54, 1.807) is 32.4 Å². The third kappa shape index (κ3) is 4.75. The van der Waals surface area contributed by atoms with E-state index < -0.39 is 11.7 Å². The first kappa shape index (κ1) is 19.6. The van der Waals surface area contributed by atoms with E-state index in [4.69, 9.17) is 18.6 Å². The van der Waals surface area contributed by atoms with Crippen LogP contribution in [-0.4, -0.2) is 38.6 Å². The second kappa shape index (κ2) is 8.67. The number of methoxy groups -OCH3 is 2.